The van der Waals surface area contributed by atoms with E-state index < -0.39 is 0 Å². The molecule has 7 heteroatoms. The summed E-state index contributed by atoms with van der Waals surface area (Å²) in [6, 6.07) is -0.388. The number of carbonyl (C=O) groups is 1. The molecule has 0 saturated carbocycles. The molecule has 1 fully saturated rings. The molecular formula is C14H22BrN5O. The summed E-state index contributed by atoms with van der Waals surface area (Å²) in [5.74, 6) is 1.19. The first-order chi connectivity index (χ1) is 9.97. The smallest absolute Gasteiger partial charge is 0.239 e. The molecule has 0 radical (unpaired) electrons. The van der Waals surface area contributed by atoms with E-state index in [4.69, 9.17) is 5.73 Å². The third-order valence-electron chi connectivity index (χ3n) is 3.52. The molecule has 1 aromatic rings. The molecule has 6 nitrogen and oxygen atoms in total. The lowest BCUT2D eigenvalue weighted by Gasteiger charge is -2.36. The van der Waals surface area contributed by atoms with Crippen LogP contribution in [0.25, 0.3) is 0 Å². The lowest BCUT2D eigenvalue weighted by molar-refractivity contribution is -0.133. The zero-order valence-electron chi connectivity index (χ0n) is 12.5. The predicted octanol–water partition coefficient (Wildman–Crippen LogP) is 1.26. The van der Waals surface area contributed by atoms with Gasteiger partial charge in [-0.25, -0.2) is 9.97 Å². The van der Waals surface area contributed by atoms with Crippen molar-refractivity contribution in [2.75, 3.05) is 31.1 Å². The highest BCUT2D eigenvalue weighted by Gasteiger charge is 2.26. The summed E-state index contributed by atoms with van der Waals surface area (Å²) in [4.78, 5) is 24.8. The van der Waals surface area contributed by atoms with Gasteiger partial charge in [-0.1, -0.05) is 13.8 Å². The largest absolute Gasteiger partial charge is 0.338 e. The first kappa shape index (κ1) is 16.2. The number of nitrogens with two attached hydrogens (primary N) is 1. The number of carbonyl (C=O) groups excluding carboxylic acids is 1. The number of hydrogen-bond donors (Lipinski definition) is 1. The van der Waals surface area contributed by atoms with Gasteiger partial charge in [0.25, 0.3) is 0 Å². The lowest BCUT2D eigenvalue weighted by Crippen LogP contribution is -2.53. The zero-order valence-corrected chi connectivity index (χ0v) is 14.1. The van der Waals surface area contributed by atoms with E-state index >= 15 is 0 Å². The second-order valence-corrected chi connectivity index (χ2v) is 6.67. The molecular weight excluding hydrogens is 334 g/mol. The van der Waals surface area contributed by atoms with E-state index in [1.807, 2.05) is 4.90 Å². The molecule has 1 atom stereocenters. The van der Waals surface area contributed by atoms with Crippen LogP contribution in [0.2, 0.25) is 0 Å². The number of anilines is 1. The van der Waals surface area contributed by atoms with Gasteiger partial charge in [-0.15, -0.1) is 0 Å². The molecule has 116 valence electrons. The third-order valence-corrected chi connectivity index (χ3v) is 3.93. The van der Waals surface area contributed by atoms with E-state index in [0.717, 1.165) is 24.0 Å². The highest BCUT2D eigenvalue weighted by Crippen LogP contribution is 2.14. The van der Waals surface area contributed by atoms with Crippen molar-refractivity contribution in [3.8, 4) is 0 Å². The van der Waals surface area contributed by atoms with E-state index in [9.17, 15) is 4.79 Å². The lowest BCUT2D eigenvalue weighted by atomic mass is 10.0. The molecule has 0 aliphatic carbocycles. The molecule has 0 aromatic carbocycles. The van der Waals surface area contributed by atoms with Gasteiger partial charge in [0, 0.05) is 38.6 Å². The van der Waals surface area contributed by atoms with Crippen molar-refractivity contribution in [2.24, 2.45) is 11.7 Å². The molecule has 1 amide bonds. The maximum Gasteiger partial charge on any atom is 0.239 e. The van der Waals surface area contributed by atoms with E-state index in [1.165, 1.54) is 0 Å². The van der Waals surface area contributed by atoms with E-state index in [0.29, 0.717) is 25.0 Å². The van der Waals surface area contributed by atoms with Crippen molar-refractivity contribution in [1.82, 2.24) is 14.9 Å². The Morgan fingerprint density at radius 3 is 2.38 bits per heavy atom. The Hall–Kier alpha value is -1.21. The van der Waals surface area contributed by atoms with Crippen LogP contribution in [0.4, 0.5) is 5.95 Å². The van der Waals surface area contributed by atoms with Crippen molar-refractivity contribution < 1.29 is 4.79 Å². The summed E-state index contributed by atoms with van der Waals surface area (Å²) in [6.45, 7) is 6.98. The number of aromatic nitrogens is 2. The van der Waals surface area contributed by atoms with Crippen molar-refractivity contribution in [2.45, 2.75) is 26.3 Å². The van der Waals surface area contributed by atoms with Gasteiger partial charge in [-0.2, -0.15) is 0 Å². The minimum Gasteiger partial charge on any atom is -0.338 e. The van der Waals surface area contributed by atoms with Crippen molar-refractivity contribution in [3.63, 3.8) is 0 Å². The van der Waals surface area contributed by atoms with Gasteiger partial charge in [-0.3, -0.25) is 4.79 Å². The Morgan fingerprint density at radius 1 is 1.29 bits per heavy atom. The van der Waals surface area contributed by atoms with Crippen LogP contribution in [-0.4, -0.2) is 53.0 Å². The molecule has 0 unspecified atom stereocenters. The summed E-state index contributed by atoms with van der Waals surface area (Å²) in [5.41, 5.74) is 5.98. The van der Waals surface area contributed by atoms with Crippen LogP contribution in [0, 0.1) is 5.92 Å². The Balaban J connectivity index is 1.88. The molecule has 0 bridgehead atoms. The van der Waals surface area contributed by atoms with E-state index in [1.54, 1.807) is 12.4 Å². The number of halogens is 1. The summed E-state index contributed by atoms with van der Waals surface area (Å²) in [6.07, 6.45) is 4.20. The number of rotatable bonds is 4. The Morgan fingerprint density at radius 2 is 1.86 bits per heavy atom. The maximum atomic E-state index is 12.3. The average Bonchev–Trinajstić information content (AvgIpc) is 2.47. The minimum absolute atomic E-state index is 0.0556. The van der Waals surface area contributed by atoms with Crippen LogP contribution in [0.3, 0.4) is 0 Å². The molecule has 2 N–H and O–H groups in total. The van der Waals surface area contributed by atoms with Gasteiger partial charge >= 0.3 is 0 Å². The minimum atomic E-state index is -0.388. The van der Waals surface area contributed by atoms with Crippen molar-refractivity contribution in [1.29, 1.82) is 0 Å². The fourth-order valence-electron chi connectivity index (χ4n) is 2.44. The van der Waals surface area contributed by atoms with Crippen LogP contribution in [0.5, 0.6) is 0 Å². The van der Waals surface area contributed by atoms with Gasteiger partial charge in [0.2, 0.25) is 11.9 Å². The molecule has 2 rings (SSSR count). The number of amides is 1. The molecule has 1 aliphatic heterocycles. The van der Waals surface area contributed by atoms with E-state index in [-0.39, 0.29) is 11.9 Å². The summed E-state index contributed by atoms with van der Waals surface area (Å²) >= 11 is 3.32. The first-order valence-electron chi connectivity index (χ1n) is 7.24. The predicted molar refractivity (Wildman–Crippen MR) is 86.0 cm³/mol. The number of nitrogens with zero attached hydrogens (tertiary/aromatic N) is 4. The van der Waals surface area contributed by atoms with Crippen LogP contribution in [0.1, 0.15) is 20.3 Å². The molecule has 0 spiro atoms. The molecule has 1 aliphatic rings. The molecule has 1 saturated heterocycles. The second-order valence-electron chi connectivity index (χ2n) is 5.75. The zero-order chi connectivity index (χ0) is 15.4. The second kappa shape index (κ2) is 7.17. The molecule has 1 aromatic heterocycles. The Bertz CT molecular complexity index is 471. The highest BCUT2D eigenvalue weighted by molar-refractivity contribution is 9.10. The van der Waals surface area contributed by atoms with Gasteiger partial charge in [0.05, 0.1) is 10.5 Å². The monoisotopic (exact) mass is 355 g/mol. The Labute approximate surface area is 133 Å². The van der Waals surface area contributed by atoms with Crippen LogP contribution >= 0.6 is 15.9 Å². The standard InChI is InChI=1S/C14H22BrN5O/c1-10(2)7-12(16)13(21)19-3-5-20(6-4-19)14-17-8-11(15)9-18-14/h8-10,12H,3-7,16H2,1-2H3/t12-/m0/s1. The van der Waals surface area contributed by atoms with Gasteiger partial charge in [0.15, 0.2) is 0 Å². The fourth-order valence-corrected chi connectivity index (χ4v) is 2.64. The number of piperazine rings is 1. The topological polar surface area (TPSA) is 75.4 Å². The van der Waals surface area contributed by atoms with Crippen LogP contribution < -0.4 is 10.6 Å². The summed E-state index contributed by atoms with van der Waals surface area (Å²) < 4.78 is 0.861. The van der Waals surface area contributed by atoms with Crippen LogP contribution in [0.15, 0.2) is 16.9 Å². The maximum absolute atomic E-state index is 12.3. The fraction of sp³-hybridized carbons (Fsp3) is 0.643. The van der Waals surface area contributed by atoms with Gasteiger partial charge in [0.1, 0.15) is 0 Å². The summed E-state index contributed by atoms with van der Waals surface area (Å²) in [7, 11) is 0. The van der Waals surface area contributed by atoms with Crippen LogP contribution in [-0.2, 0) is 4.79 Å². The van der Waals surface area contributed by atoms with E-state index in [2.05, 4.69) is 44.6 Å². The Kier molecular flexibility index (Phi) is 5.52. The molecule has 2 heterocycles. The first-order valence-corrected chi connectivity index (χ1v) is 8.03. The van der Waals surface area contributed by atoms with Gasteiger partial charge < -0.3 is 15.5 Å². The highest BCUT2D eigenvalue weighted by atomic mass is 79.9. The summed E-state index contributed by atoms with van der Waals surface area (Å²) in [5, 5.41) is 0. The third kappa shape index (κ3) is 4.38. The SMILES string of the molecule is CC(C)C[C@H](N)C(=O)N1CCN(c2ncc(Br)cn2)CC1. The molecule has 21 heavy (non-hydrogen) atoms. The quantitative estimate of drug-likeness (QED) is 0.879. The number of hydrogen-bond acceptors (Lipinski definition) is 5. The van der Waals surface area contributed by atoms with Gasteiger partial charge in [-0.05, 0) is 28.3 Å². The van der Waals surface area contributed by atoms with Crippen molar-refractivity contribution >= 4 is 27.8 Å². The normalized spacial score (nSPS) is 17.2. The van der Waals surface area contributed by atoms with Crippen molar-refractivity contribution in [3.05, 3.63) is 16.9 Å². The average molecular weight is 356 g/mol.